The fourth-order valence-corrected chi connectivity index (χ4v) is 1.48. The molecule has 15 heavy (non-hydrogen) atoms. The molecule has 0 spiro atoms. The summed E-state index contributed by atoms with van der Waals surface area (Å²) in [6, 6.07) is 1.70. The molecule has 0 fully saturated rings. The number of rotatable bonds is 5. The number of hydrazine groups is 1. The highest BCUT2D eigenvalue weighted by atomic mass is 32.2. The topological polar surface area (TPSA) is 90.1 Å². The quantitative estimate of drug-likeness (QED) is 0.248. The predicted molar refractivity (Wildman–Crippen MR) is 57.2 cm³/mol. The summed E-state index contributed by atoms with van der Waals surface area (Å²) in [6.07, 6.45) is 1.57. The maximum absolute atomic E-state index is 11.0. The Labute approximate surface area is 91.6 Å². The van der Waals surface area contributed by atoms with Gasteiger partial charge in [0.15, 0.2) is 0 Å². The Morgan fingerprint density at radius 3 is 3.20 bits per heavy atom. The Balaban J connectivity index is 2.46. The van der Waals surface area contributed by atoms with E-state index >= 15 is 0 Å². The van der Waals surface area contributed by atoms with Gasteiger partial charge in [0.05, 0.1) is 12.4 Å². The largest absolute Gasteiger partial charge is 0.465 e. The third-order valence-electron chi connectivity index (χ3n) is 1.40. The number of esters is 1. The summed E-state index contributed by atoms with van der Waals surface area (Å²) in [5.74, 6) is 5.44. The van der Waals surface area contributed by atoms with Crippen LogP contribution in [0, 0.1) is 0 Å². The van der Waals surface area contributed by atoms with Gasteiger partial charge < -0.3 is 4.74 Å². The summed E-state index contributed by atoms with van der Waals surface area (Å²) in [5.41, 5.74) is 2.33. The molecule has 0 radical (unpaired) electrons. The lowest BCUT2D eigenvalue weighted by Gasteiger charge is -2.02. The average Bonchev–Trinajstić information content (AvgIpc) is 2.27. The number of nitrogens with two attached hydrogens (primary N) is 1. The van der Waals surface area contributed by atoms with E-state index in [2.05, 4.69) is 15.4 Å². The normalized spacial score (nSPS) is 9.73. The number of carbonyl (C=O) groups excluding carboxylic acids is 1. The molecule has 0 atom stereocenters. The van der Waals surface area contributed by atoms with E-state index in [9.17, 15) is 4.79 Å². The van der Waals surface area contributed by atoms with Gasteiger partial charge in [0.1, 0.15) is 5.03 Å². The lowest BCUT2D eigenvalue weighted by molar-refractivity contribution is -0.139. The highest BCUT2D eigenvalue weighted by Crippen LogP contribution is 2.15. The fourth-order valence-electron chi connectivity index (χ4n) is 0.828. The number of nitrogen functional groups attached to an aromatic ring is 1. The molecule has 7 heteroatoms. The molecule has 0 amide bonds. The van der Waals surface area contributed by atoms with E-state index in [1.165, 1.54) is 11.8 Å². The summed E-state index contributed by atoms with van der Waals surface area (Å²) in [7, 11) is 0. The van der Waals surface area contributed by atoms with Crippen LogP contribution in [-0.2, 0) is 9.53 Å². The highest BCUT2D eigenvalue weighted by Gasteiger charge is 2.04. The van der Waals surface area contributed by atoms with Crippen LogP contribution in [0.15, 0.2) is 17.3 Å². The first kappa shape index (κ1) is 11.7. The minimum absolute atomic E-state index is 0.231. The maximum Gasteiger partial charge on any atom is 0.316 e. The lowest BCUT2D eigenvalue weighted by atomic mass is 10.7. The van der Waals surface area contributed by atoms with Gasteiger partial charge in [-0.25, -0.2) is 15.8 Å². The van der Waals surface area contributed by atoms with Crippen LogP contribution in [0.5, 0.6) is 0 Å². The molecule has 3 N–H and O–H groups in total. The third-order valence-corrected chi connectivity index (χ3v) is 2.31. The zero-order valence-electron chi connectivity index (χ0n) is 8.27. The van der Waals surface area contributed by atoms with Gasteiger partial charge in [-0.2, -0.15) is 0 Å². The van der Waals surface area contributed by atoms with Crippen LogP contribution in [0.25, 0.3) is 0 Å². The van der Waals surface area contributed by atoms with Gasteiger partial charge in [-0.3, -0.25) is 10.2 Å². The smallest absolute Gasteiger partial charge is 0.316 e. The molecule has 0 aromatic carbocycles. The fraction of sp³-hybridized carbons (Fsp3) is 0.375. The number of hydrogen-bond acceptors (Lipinski definition) is 7. The predicted octanol–water partition coefficient (Wildman–Crippen LogP) is 0.417. The highest BCUT2D eigenvalue weighted by molar-refractivity contribution is 7.99. The van der Waals surface area contributed by atoms with Crippen molar-refractivity contribution >= 4 is 23.7 Å². The lowest BCUT2D eigenvalue weighted by Crippen LogP contribution is -2.11. The van der Waals surface area contributed by atoms with Crippen LogP contribution in [0.2, 0.25) is 0 Å². The molecule has 1 aromatic rings. The van der Waals surface area contributed by atoms with Crippen LogP contribution in [0.4, 0.5) is 5.95 Å². The van der Waals surface area contributed by atoms with Crippen molar-refractivity contribution in [2.24, 2.45) is 5.84 Å². The minimum Gasteiger partial charge on any atom is -0.465 e. The molecule has 0 saturated heterocycles. The van der Waals surface area contributed by atoms with Crippen LogP contribution in [-0.4, -0.2) is 28.3 Å². The van der Waals surface area contributed by atoms with Crippen molar-refractivity contribution in [1.29, 1.82) is 0 Å². The first-order valence-electron chi connectivity index (χ1n) is 4.34. The molecular formula is C8H12N4O2S. The van der Waals surface area contributed by atoms with Gasteiger partial charge in [-0.1, -0.05) is 11.8 Å². The molecule has 0 aliphatic heterocycles. The summed E-state index contributed by atoms with van der Waals surface area (Å²) in [5, 5.41) is 0.672. The maximum atomic E-state index is 11.0. The van der Waals surface area contributed by atoms with Crippen molar-refractivity contribution in [2.45, 2.75) is 11.9 Å². The Hall–Kier alpha value is -1.34. The molecule has 0 saturated carbocycles. The third kappa shape index (κ3) is 4.13. The van der Waals surface area contributed by atoms with Crippen LogP contribution in [0.1, 0.15) is 6.92 Å². The molecule has 0 bridgehead atoms. The number of nitrogens with one attached hydrogen (secondary N) is 1. The van der Waals surface area contributed by atoms with E-state index in [1.807, 2.05) is 0 Å². The van der Waals surface area contributed by atoms with Crippen LogP contribution < -0.4 is 11.3 Å². The zero-order chi connectivity index (χ0) is 11.1. The number of anilines is 1. The monoisotopic (exact) mass is 228 g/mol. The van der Waals surface area contributed by atoms with Crippen molar-refractivity contribution in [3.63, 3.8) is 0 Å². The van der Waals surface area contributed by atoms with Gasteiger partial charge in [-0.05, 0) is 13.0 Å². The van der Waals surface area contributed by atoms with Crippen molar-refractivity contribution in [3.8, 4) is 0 Å². The number of hydrogen-bond donors (Lipinski definition) is 2. The number of thioether (sulfide) groups is 1. The van der Waals surface area contributed by atoms with Gasteiger partial charge in [0, 0.05) is 6.20 Å². The van der Waals surface area contributed by atoms with E-state index in [4.69, 9.17) is 10.6 Å². The van der Waals surface area contributed by atoms with Gasteiger partial charge >= 0.3 is 5.97 Å². The zero-order valence-corrected chi connectivity index (χ0v) is 9.08. The second-order valence-electron chi connectivity index (χ2n) is 2.46. The average molecular weight is 228 g/mol. The van der Waals surface area contributed by atoms with E-state index in [0.717, 1.165) is 0 Å². The number of ether oxygens (including phenoxy) is 1. The molecule has 1 aromatic heterocycles. The van der Waals surface area contributed by atoms with E-state index in [-0.39, 0.29) is 11.7 Å². The molecule has 0 unspecified atom stereocenters. The molecule has 0 aliphatic carbocycles. The van der Waals surface area contributed by atoms with Crippen LogP contribution >= 0.6 is 11.8 Å². The summed E-state index contributed by atoms with van der Waals surface area (Å²) >= 11 is 1.28. The van der Waals surface area contributed by atoms with E-state index in [0.29, 0.717) is 17.6 Å². The van der Waals surface area contributed by atoms with Crippen molar-refractivity contribution in [2.75, 3.05) is 17.8 Å². The minimum atomic E-state index is -0.261. The number of carbonyl (C=O) groups is 1. The van der Waals surface area contributed by atoms with Crippen LogP contribution in [0.3, 0.4) is 0 Å². The molecule has 1 rings (SSSR count). The summed E-state index contributed by atoms with van der Waals surface area (Å²) in [6.45, 7) is 2.16. The Morgan fingerprint density at radius 2 is 2.53 bits per heavy atom. The second kappa shape index (κ2) is 6.20. The molecule has 1 heterocycles. The summed E-state index contributed by atoms with van der Waals surface area (Å²) in [4.78, 5) is 18.9. The standard InChI is InChI=1S/C8H12N4O2S/c1-2-14-7(13)5-15-6-3-4-10-8(11-6)12-9/h3-4H,2,5,9H2,1H3,(H,10,11,12). The number of nitrogens with zero attached hydrogens (tertiary/aromatic N) is 2. The van der Waals surface area contributed by atoms with E-state index < -0.39 is 0 Å². The van der Waals surface area contributed by atoms with Gasteiger partial charge in [-0.15, -0.1) is 0 Å². The Morgan fingerprint density at radius 1 is 1.73 bits per heavy atom. The van der Waals surface area contributed by atoms with Gasteiger partial charge in [0.25, 0.3) is 0 Å². The summed E-state index contributed by atoms with van der Waals surface area (Å²) < 4.78 is 4.78. The molecule has 82 valence electrons. The van der Waals surface area contributed by atoms with Crippen molar-refractivity contribution in [3.05, 3.63) is 12.3 Å². The molecule has 0 aliphatic rings. The number of aromatic nitrogens is 2. The van der Waals surface area contributed by atoms with E-state index in [1.54, 1.807) is 19.2 Å². The van der Waals surface area contributed by atoms with Crippen molar-refractivity contribution in [1.82, 2.24) is 9.97 Å². The first-order chi connectivity index (χ1) is 7.26. The van der Waals surface area contributed by atoms with Gasteiger partial charge in [0.2, 0.25) is 5.95 Å². The second-order valence-corrected chi connectivity index (χ2v) is 3.45. The van der Waals surface area contributed by atoms with Crippen molar-refractivity contribution < 1.29 is 9.53 Å². The first-order valence-corrected chi connectivity index (χ1v) is 5.33. The Kier molecular flexibility index (Phi) is 4.85. The molecular weight excluding hydrogens is 216 g/mol. The SMILES string of the molecule is CCOC(=O)CSc1ccnc(NN)n1. The molecule has 6 nitrogen and oxygen atoms in total. The Bertz CT molecular complexity index is 334.